The first kappa shape index (κ1) is 18.1. The molecule has 2 aliphatic heterocycles. The predicted octanol–water partition coefficient (Wildman–Crippen LogP) is 0.650. The van der Waals surface area contributed by atoms with E-state index in [1.54, 1.807) is 0 Å². The molecule has 2 rings (SSSR count). The van der Waals surface area contributed by atoms with Crippen molar-refractivity contribution >= 4 is 0 Å². The average Bonchev–Trinajstić information content (AvgIpc) is 2.93. The highest BCUT2D eigenvalue weighted by Gasteiger charge is 2.49. The SMILES string of the molecule is CC1(C)OCC(C2OC(C)(C)OC2COCCOCCN)O1. The van der Waals surface area contributed by atoms with Crippen molar-refractivity contribution in [2.45, 2.75) is 57.6 Å². The molecule has 0 aromatic rings. The Kier molecular flexibility index (Phi) is 6.18. The van der Waals surface area contributed by atoms with Gasteiger partial charge in [0.15, 0.2) is 11.6 Å². The van der Waals surface area contributed by atoms with E-state index in [1.165, 1.54) is 0 Å². The van der Waals surface area contributed by atoms with Crippen LogP contribution >= 0.6 is 0 Å². The Morgan fingerprint density at radius 2 is 1.68 bits per heavy atom. The van der Waals surface area contributed by atoms with Crippen molar-refractivity contribution in [1.82, 2.24) is 0 Å². The summed E-state index contributed by atoms with van der Waals surface area (Å²) in [6.07, 6.45) is -0.549. The summed E-state index contributed by atoms with van der Waals surface area (Å²) in [5, 5.41) is 0. The van der Waals surface area contributed by atoms with E-state index >= 15 is 0 Å². The molecule has 0 amide bonds. The van der Waals surface area contributed by atoms with Crippen LogP contribution < -0.4 is 5.73 Å². The Hall–Kier alpha value is -0.280. The van der Waals surface area contributed by atoms with Gasteiger partial charge in [-0.05, 0) is 27.7 Å². The van der Waals surface area contributed by atoms with Gasteiger partial charge >= 0.3 is 0 Å². The third-order valence-electron chi connectivity index (χ3n) is 3.53. The van der Waals surface area contributed by atoms with Crippen molar-refractivity contribution in [2.24, 2.45) is 5.73 Å². The van der Waals surface area contributed by atoms with E-state index in [0.29, 0.717) is 39.6 Å². The maximum atomic E-state index is 5.98. The topological polar surface area (TPSA) is 81.4 Å². The minimum atomic E-state index is -0.648. The van der Waals surface area contributed by atoms with E-state index in [2.05, 4.69) is 0 Å². The Balaban J connectivity index is 1.80. The van der Waals surface area contributed by atoms with Gasteiger partial charge < -0.3 is 34.2 Å². The summed E-state index contributed by atoms with van der Waals surface area (Å²) in [7, 11) is 0. The zero-order valence-corrected chi connectivity index (χ0v) is 14.0. The zero-order valence-electron chi connectivity index (χ0n) is 14.0. The molecule has 0 aromatic carbocycles. The van der Waals surface area contributed by atoms with Crippen LogP contribution in [0.25, 0.3) is 0 Å². The molecule has 0 aliphatic carbocycles. The number of ether oxygens (including phenoxy) is 6. The van der Waals surface area contributed by atoms with E-state index < -0.39 is 11.6 Å². The third-order valence-corrected chi connectivity index (χ3v) is 3.53. The first-order valence-corrected chi connectivity index (χ1v) is 7.86. The Labute approximate surface area is 132 Å². The van der Waals surface area contributed by atoms with Crippen LogP contribution in [0.4, 0.5) is 0 Å². The molecule has 0 radical (unpaired) electrons. The van der Waals surface area contributed by atoms with E-state index in [1.807, 2.05) is 27.7 Å². The number of hydrogen-bond donors (Lipinski definition) is 1. The molecule has 2 saturated heterocycles. The summed E-state index contributed by atoms with van der Waals surface area (Å²) in [4.78, 5) is 0. The second-order valence-corrected chi connectivity index (χ2v) is 6.48. The van der Waals surface area contributed by atoms with E-state index in [9.17, 15) is 0 Å². The molecule has 7 heteroatoms. The molecule has 2 fully saturated rings. The molecule has 2 heterocycles. The van der Waals surface area contributed by atoms with E-state index in [-0.39, 0.29) is 18.3 Å². The fourth-order valence-electron chi connectivity index (χ4n) is 2.69. The molecule has 7 nitrogen and oxygen atoms in total. The van der Waals surface area contributed by atoms with Gasteiger partial charge in [0.1, 0.15) is 18.3 Å². The van der Waals surface area contributed by atoms with Gasteiger partial charge in [-0.3, -0.25) is 0 Å². The smallest absolute Gasteiger partial charge is 0.164 e. The monoisotopic (exact) mass is 319 g/mol. The van der Waals surface area contributed by atoms with Crippen LogP contribution in [0.3, 0.4) is 0 Å². The summed E-state index contributed by atoms with van der Waals surface area (Å²) in [5.74, 6) is -1.23. The van der Waals surface area contributed by atoms with Gasteiger partial charge in [-0.2, -0.15) is 0 Å². The molecule has 2 N–H and O–H groups in total. The third kappa shape index (κ3) is 5.13. The maximum Gasteiger partial charge on any atom is 0.164 e. The van der Waals surface area contributed by atoms with Gasteiger partial charge in [0, 0.05) is 6.54 Å². The first-order valence-electron chi connectivity index (χ1n) is 7.86. The summed E-state index contributed by atoms with van der Waals surface area (Å²) < 4.78 is 34.3. The van der Waals surface area contributed by atoms with Gasteiger partial charge in [-0.1, -0.05) is 0 Å². The standard InChI is InChI=1S/C15H29NO6/c1-14(2)19-10-12(20-14)13-11(21-15(3,4)22-13)9-18-8-7-17-6-5-16/h11-13H,5-10,16H2,1-4H3. The van der Waals surface area contributed by atoms with Crippen molar-refractivity contribution in [3.63, 3.8) is 0 Å². The first-order chi connectivity index (χ1) is 10.3. The highest BCUT2D eigenvalue weighted by atomic mass is 16.8. The van der Waals surface area contributed by atoms with Gasteiger partial charge in [-0.15, -0.1) is 0 Å². The molecular formula is C15H29NO6. The summed E-state index contributed by atoms with van der Waals surface area (Å²) >= 11 is 0. The minimum absolute atomic E-state index is 0.154. The molecule has 130 valence electrons. The van der Waals surface area contributed by atoms with E-state index in [4.69, 9.17) is 34.2 Å². The van der Waals surface area contributed by atoms with Crippen LogP contribution in [0.2, 0.25) is 0 Å². The lowest BCUT2D eigenvalue weighted by atomic mass is 10.1. The predicted molar refractivity (Wildman–Crippen MR) is 79.4 cm³/mol. The largest absolute Gasteiger partial charge is 0.378 e. The van der Waals surface area contributed by atoms with Gasteiger partial charge in [0.05, 0.1) is 33.0 Å². The Morgan fingerprint density at radius 1 is 0.955 bits per heavy atom. The molecule has 3 atom stereocenters. The molecule has 2 aliphatic rings. The normalized spacial score (nSPS) is 33.4. The van der Waals surface area contributed by atoms with Crippen molar-refractivity contribution in [3.05, 3.63) is 0 Å². The quantitative estimate of drug-likeness (QED) is 0.658. The molecule has 0 bridgehead atoms. The molecule has 22 heavy (non-hydrogen) atoms. The van der Waals surface area contributed by atoms with Crippen LogP contribution in [0, 0.1) is 0 Å². The van der Waals surface area contributed by atoms with E-state index in [0.717, 1.165) is 0 Å². The fraction of sp³-hybridized carbons (Fsp3) is 1.00. The van der Waals surface area contributed by atoms with Crippen molar-refractivity contribution < 1.29 is 28.4 Å². The molecular weight excluding hydrogens is 290 g/mol. The Bertz CT molecular complexity index is 349. The van der Waals surface area contributed by atoms with Crippen LogP contribution in [0.5, 0.6) is 0 Å². The average molecular weight is 319 g/mol. The highest BCUT2D eigenvalue weighted by molar-refractivity contribution is 4.90. The maximum absolute atomic E-state index is 5.98. The molecule has 3 unspecified atom stereocenters. The van der Waals surface area contributed by atoms with Crippen molar-refractivity contribution in [2.75, 3.05) is 39.6 Å². The van der Waals surface area contributed by atoms with Crippen molar-refractivity contribution in [3.8, 4) is 0 Å². The van der Waals surface area contributed by atoms with Gasteiger partial charge in [0.25, 0.3) is 0 Å². The van der Waals surface area contributed by atoms with Crippen LogP contribution in [0.15, 0.2) is 0 Å². The summed E-state index contributed by atoms with van der Waals surface area (Å²) in [5.41, 5.74) is 5.35. The molecule has 0 saturated carbocycles. The van der Waals surface area contributed by atoms with Crippen molar-refractivity contribution in [1.29, 1.82) is 0 Å². The lowest BCUT2D eigenvalue weighted by molar-refractivity contribution is -0.175. The van der Waals surface area contributed by atoms with Crippen LogP contribution in [-0.2, 0) is 28.4 Å². The second kappa shape index (κ2) is 7.53. The molecule has 0 spiro atoms. The number of hydrogen-bond acceptors (Lipinski definition) is 7. The summed E-state index contributed by atoms with van der Waals surface area (Å²) in [6, 6.07) is 0. The van der Waals surface area contributed by atoms with Crippen LogP contribution in [-0.4, -0.2) is 69.5 Å². The second-order valence-electron chi connectivity index (χ2n) is 6.48. The Morgan fingerprint density at radius 3 is 2.32 bits per heavy atom. The lowest BCUT2D eigenvalue weighted by Crippen LogP contribution is -2.40. The highest BCUT2D eigenvalue weighted by Crippen LogP contribution is 2.35. The fourth-order valence-corrected chi connectivity index (χ4v) is 2.69. The number of rotatable bonds is 8. The lowest BCUT2D eigenvalue weighted by Gasteiger charge is -2.23. The minimum Gasteiger partial charge on any atom is -0.378 e. The van der Waals surface area contributed by atoms with Gasteiger partial charge in [0.2, 0.25) is 0 Å². The van der Waals surface area contributed by atoms with Gasteiger partial charge in [-0.25, -0.2) is 0 Å². The zero-order chi connectivity index (χ0) is 16.2. The molecule has 0 aromatic heterocycles. The number of nitrogens with two attached hydrogens (primary N) is 1. The van der Waals surface area contributed by atoms with Crippen LogP contribution in [0.1, 0.15) is 27.7 Å². The summed E-state index contributed by atoms with van der Waals surface area (Å²) in [6.45, 7) is 10.6.